The highest BCUT2D eigenvalue weighted by Crippen LogP contribution is 2.15. The molecule has 0 saturated carbocycles. The number of ether oxygens (including phenoxy) is 1. The van der Waals surface area contributed by atoms with Crippen molar-refractivity contribution in [3.05, 3.63) is 39.5 Å². The lowest BCUT2D eigenvalue weighted by atomic mass is 10.2. The molecule has 0 spiro atoms. The fourth-order valence-corrected chi connectivity index (χ4v) is 2.49. The maximum Gasteiger partial charge on any atom is 0.214 e. The zero-order valence-electron chi connectivity index (χ0n) is 11.3. The molecule has 0 unspecified atom stereocenters. The molecule has 20 heavy (non-hydrogen) atoms. The molecule has 0 amide bonds. The number of thiazole rings is 1. The molecule has 2 rings (SSSR count). The number of pyridine rings is 1. The Morgan fingerprint density at radius 3 is 2.90 bits per heavy atom. The predicted octanol–water partition coefficient (Wildman–Crippen LogP) is 1.87. The van der Waals surface area contributed by atoms with E-state index in [1.807, 2.05) is 19.4 Å². The van der Waals surface area contributed by atoms with E-state index in [2.05, 4.69) is 15.1 Å². The molecule has 6 nitrogen and oxygen atoms in total. The highest BCUT2D eigenvalue weighted by Gasteiger charge is 2.06. The van der Waals surface area contributed by atoms with E-state index in [0.29, 0.717) is 18.1 Å². The van der Waals surface area contributed by atoms with Gasteiger partial charge in [-0.2, -0.15) is 0 Å². The van der Waals surface area contributed by atoms with Gasteiger partial charge in [0, 0.05) is 28.6 Å². The van der Waals surface area contributed by atoms with Crippen LogP contribution >= 0.6 is 11.3 Å². The summed E-state index contributed by atoms with van der Waals surface area (Å²) in [6, 6.07) is 3.39. The topological polar surface area (TPSA) is 93.6 Å². The van der Waals surface area contributed by atoms with Crippen LogP contribution in [0.4, 0.5) is 0 Å². The zero-order chi connectivity index (χ0) is 14.5. The number of aromatic nitrogens is 2. The normalized spacial score (nSPS) is 11.6. The minimum atomic E-state index is 0.0404. The number of rotatable bonds is 5. The third-order valence-electron chi connectivity index (χ3n) is 2.76. The fraction of sp³-hybridized carbons (Fsp3) is 0.308. The second kappa shape index (κ2) is 6.33. The molecular formula is C13H16N4O2S. The minimum absolute atomic E-state index is 0.0404. The molecule has 106 valence electrons. The van der Waals surface area contributed by atoms with Crippen molar-refractivity contribution in [1.82, 2.24) is 9.97 Å². The zero-order valence-corrected chi connectivity index (χ0v) is 12.1. The minimum Gasteiger partial charge on any atom is -0.477 e. The van der Waals surface area contributed by atoms with Gasteiger partial charge in [-0.3, -0.25) is 0 Å². The van der Waals surface area contributed by atoms with E-state index in [-0.39, 0.29) is 5.84 Å². The lowest BCUT2D eigenvalue weighted by Crippen LogP contribution is -2.14. The van der Waals surface area contributed by atoms with Crippen LogP contribution in [0.3, 0.4) is 0 Å². The summed E-state index contributed by atoms with van der Waals surface area (Å²) in [5, 5.41) is 11.7. The quantitative estimate of drug-likeness (QED) is 0.380. The average Bonchev–Trinajstić information content (AvgIpc) is 2.83. The number of hydrogen-bond donors (Lipinski definition) is 2. The smallest absolute Gasteiger partial charge is 0.214 e. The Morgan fingerprint density at radius 2 is 2.25 bits per heavy atom. The number of nitrogens with zero attached hydrogens (tertiary/aromatic N) is 3. The number of nitrogens with two attached hydrogens (primary N) is 1. The van der Waals surface area contributed by atoms with E-state index >= 15 is 0 Å². The summed E-state index contributed by atoms with van der Waals surface area (Å²) in [7, 11) is 0. The van der Waals surface area contributed by atoms with Crippen LogP contribution in [0.1, 0.15) is 21.8 Å². The molecule has 0 saturated heterocycles. The SMILES string of the molecule is Cc1cc(/C(N)=N/O)cc(OCCc2scnc2C)n1. The van der Waals surface area contributed by atoms with Crippen LogP contribution in [-0.2, 0) is 6.42 Å². The predicted molar refractivity (Wildman–Crippen MR) is 77.5 cm³/mol. The van der Waals surface area contributed by atoms with Crippen molar-refractivity contribution < 1.29 is 9.94 Å². The summed E-state index contributed by atoms with van der Waals surface area (Å²) in [6.45, 7) is 4.32. The molecule has 0 bridgehead atoms. The summed E-state index contributed by atoms with van der Waals surface area (Å²) >= 11 is 1.62. The second-order valence-electron chi connectivity index (χ2n) is 4.28. The van der Waals surface area contributed by atoms with Crippen molar-refractivity contribution in [3.8, 4) is 5.88 Å². The Morgan fingerprint density at radius 1 is 1.45 bits per heavy atom. The molecule has 0 aliphatic rings. The lowest BCUT2D eigenvalue weighted by Gasteiger charge is -2.07. The fourth-order valence-electron chi connectivity index (χ4n) is 1.73. The Kier molecular flexibility index (Phi) is 4.52. The maximum atomic E-state index is 8.70. The van der Waals surface area contributed by atoms with E-state index in [1.54, 1.807) is 23.5 Å². The lowest BCUT2D eigenvalue weighted by molar-refractivity contribution is 0.309. The van der Waals surface area contributed by atoms with Gasteiger partial charge in [0.1, 0.15) is 0 Å². The van der Waals surface area contributed by atoms with Crippen molar-refractivity contribution >= 4 is 17.2 Å². The van der Waals surface area contributed by atoms with Crippen molar-refractivity contribution in [2.45, 2.75) is 20.3 Å². The van der Waals surface area contributed by atoms with Crippen LogP contribution in [0.25, 0.3) is 0 Å². The number of aryl methyl sites for hydroxylation is 2. The Bertz CT molecular complexity index is 625. The van der Waals surface area contributed by atoms with E-state index in [4.69, 9.17) is 15.7 Å². The van der Waals surface area contributed by atoms with Crippen LogP contribution in [0.2, 0.25) is 0 Å². The van der Waals surface area contributed by atoms with Crippen LogP contribution in [-0.4, -0.2) is 27.6 Å². The number of oxime groups is 1. The summed E-state index contributed by atoms with van der Waals surface area (Å²) in [5.41, 5.74) is 9.76. The van der Waals surface area contributed by atoms with Crippen LogP contribution in [0, 0.1) is 13.8 Å². The molecule has 0 radical (unpaired) electrons. The first kappa shape index (κ1) is 14.3. The van der Waals surface area contributed by atoms with Crippen LogP contribution in [0.15, 0.2) is 22.8 Å². The van der Waals surface area contributed by atoms with Gasteiger partial charge in [0.05, 0.1) is 17.8 Å². The van der Waals surface area contributed by atoms with E-state index < -0.39 is 0 Å². The molecule has 0 aromatic carbocycles. The van der Waals surface area contributed by atoms with Gasteiger partial charge >= 0.3 is 0 Å². The van der Waals surface area contributed by atoms with E-state index in [0.717, 1.165) is 17.8 Å². The third-order valence-corrected chi connectivity index (χ3v) is 3.75. The van der Waals surface area contributed by atoms with Crippen molar-refractivity contribution in [3.63, 3.8) is 0 Å². The summed E-state index contributed by atoms with van der Waals surface area (Å²) in [4.78, 5) is 9.66. The van der Waals surface area contributed by atoms with Gasteiger partial charge in [-0.1, -0.05) is 5.16 Å². The molecule has 2 aromatic rings. The largest absolute Gasteiger partial charge is 0.477 e. The maximum absolute atomic E-state index is 8.70. The van der Waals surface area contributed by atoms with Gasteiger partial charge in [-0.15, -0.1) is 11.3 Å². The number of hydrogen-bond acceptors (Lipinski definition) is 6. The highest BCUT2D eigenvalue weighted by atomic mass is 32.1. The van der Waals surface area contributed by atoms with Gasteiger partial charge < -0.3 is 15.7 Å². The first-order valence-corrected chi connectivity index (χ1v) is 6.96. The molecule has 0 atom stereocenters. The summed E-state index contributed by atoms with van der Waals surface area (Å²) in [5.74, 6) is 0.507. The van der Waals surface area contributed by atoms with Gasteiger partial charge in [0.15, 0.2) is 5.84 Å². The van der Waals surface area contributed by atoms with E-state index in [9.17, 15) is 0 Å². The van der Waals surface area contributed by atoms with Crippen molar-refractivity contribution in [1.29, 1.82) is 0 Å². The first-order valence-electron chi connectivity index (χ1n) is 6.08. The second-order valence-corrected chi connectivity index (χ2v) is 5.22. The molecule has 0 fully saturated rings. The standard InChI is InChI=1S/C13H16N4O2S/c1-8-5-10(13(14)17-18)6-12(16-8)19-4-3-11-9(2)15-7-20-11/h5-7,18H,3-4H2,1-2H3,(H2,14,17). The molecule has 0 aliphatic heterocycles. The van der Waals surface area contributed by atoms with Crippen LogP contribution in [0.5, 0.6) is 5.88 Å². The van der Waals surface area contributed by atoms with Gasteiger partial charge in [-0.25, -0.2) is 9.97 Å². The Labute approximate surface area is 120 Å². The van der Waals surface area contributed by atoms with E-state index in [1.165, 1.54) is 4.88 Å². The van der Waals surface area contributed by atoms with Gasteiger partial charge in [-0.05, 0) is 19.9 Å². The molecule has 7 heteroatoms. The molecular weight excluding hydrogens is 276 g/mol. The Hall–Kier alpha value is -2.15. The van der Waals surface area contributed by atoms with Gasteiger partial charge in [0.2, 0.25) is 5.88 Å². The summed E-state index contributed by atoms with van der Waals surface area (Å²) in [6.07, 6.45) is 0.783. The van der Waals surface area contributed by atoms with Crippen molar-refractivity contribution in [2.75, 3.05) is 6.61 Å². The third kappa shape index (κ3) is 3.45. The summed E-state index contributed by atoms with van der Waals surface area (Å²) < 4.78 is 5.63. The number of amidine groups is 1. The molecule has 0 aliphatic carbocycles. The molecule has 2 aromatic heterocycles. The highest BCUT2D eigenvalue weighted by molar-refractivity contribution is 7.09. The average molecular weight is 292 g/mol. The molecule has 3 N–H and O–H groups in total. The Balaban J connectivity index is 2.02. The van der Waals surface area contributed by atoms with Crippen LogP contribution < -0.4 is 10.5 Å². The monoisotopic (exact) mass is 292 g/mol. The molecule has 2 heterocycles. The first-order chi connectivity index (χ1) is 9.60. The van der Waals surface area contributed by atoms with Crippen molar-refractivity contribution in [2.24, 2.45) is 10.9 Å². The van der Waals surface area contributed by atoms with Gasteiger partial charge in [0.25, 0.3) is 0 Å².